The molecule has 0 spiro atoms. The lowest BCUT2D eigenvalue weighted by Gasteiger charge is -2.32. The molecule has 2 heterocycles. The van der Waals surface area contributed by atoms with Crippen molar-refractivity contribution in [2.24, 2.45) is 0 Å². The highest BCUT2D eigenvalue weighted by atomic mass is 19.4. The first-order valence-corrected chi connectivity index (χ1v) is 12.7. The highest BCUT2D eigenvalue weighted by molar-refractivity contribution is 5.71. The number of carbonyl (C=O) groups excluding carboxylic acids is 1. The van der Waals surface area contributed by atoms with Gasteiger partial charge < -0.3 is 18.9 Å². The number of alkyl halides is 3. The van der Waals surface area contributed by atoms with Crippen molar-refractivity contribution in [2.45, 2.75) is 63.0 Å². The van der Waals surface area contributed by atoms with Crippen molar-refractivity contribution in [3.63, 3.8) is 0 Å². The lowest BCUT2D eigenvalue weighted by Crippen LogP contribution is -2.36. The number of fused-ring (bicyclic) bond motifs is 2. The molecule has 37 heavy (non-hydrogen) atoms. The number of piperidine rings is 1. The first-order valence-electron chi connectivity index (χ1n) is 12.7. The number of likely N-dealkylation sites (tertiary alicyclic amines) is 1. The predicted molar refractivity (Wildman–Crippen MR) is 130 cm³/mol. The van der Waals surface area contributed by atoms with Gasteiger partial charge in [-0.2, -0.15) is 13.2 Å². The number of nitrogens with zero attached hydrogens (tertiary/aromatic N) is 1. The minimum Gasteiger partial charge on any atom is -0.492 e. The maximum absolute atomic E-state index is 14.0. The second-order valence-electron chi connectivity index (χ2n) is 10.0. The van der Waals surface area contributed by atoms with Crippen molar-refractivity contribution in [3.8, 4) is 11.5 Å². The van der Waals surface area contributed by atoms with E-state index in [0.717, 1.165) is 29.5 Å². The second kappa shape index (κ2) is 10.5. The van der Waals surface area contributed by atoms with Crippen LogP contribution in [0.2, 0.25) is 0 Å². The molecule has 1 unspecified atom stereocenters. The van der Waals surface area contributed by atoms with Crippen molar-refractivity contribution in [1.29, 1.82) is 0 Å². The average molecular weight is 520 g/mol. The summed E-state index contributed by atoms with van der Waals surface area (Å²) in [5, 5.41) is 0. The summed E-state index contributed by atoms with van der Waals surface area (Å²) in [4.78, 5) is 13.8. The van der Waals surface area contributed by atoms with Gasteiger partial charge in [0.1, 0.15) is 17.6 Å². The van der Waals surface area contributed by atoms with Gasteiger partial charge in [0, 0.05) is 44.3 Å². The number of esters is 1. The van der Waals surface area contributed by atoms with Gasteiger partial charge in [-0.25, -0.2) is 0 Å². The van der Waals surface area contributed by atoms with Crippen LogP contribution in [0, 0.1) is 0 Å². The summed E-state index contributed by atoms with van der Waals surface area (Å²) >= 11 is 0. The van der Waals surface area contributed by atoms with Crippen LogP contribution in [0.1, 0.15) is 65.5 Å². The Hall–Kier alpha value is -2.78. The van der Waals surface area contributed by atoms with Gasteiger partial charge in [0.25, 0.3) is 0 Å². The Balaban J connectivity index is 1.35. The molecule has 200 valence electrons. The van der Waals surface area contributed by atoms with Gasteiger partial charge in [0.05, 0.1) is 31.8 Å². The number of carbonyl (C=O) groups is 1. The van der Waals surface area contributed by atoms with Gasteiger partial charge in [-0.3, -0.25) is 9.69 Å². The fourth-order valence-corrected chi connectivity index (χ4v) is 5.78. The number of methoxy groups -OCH3 is 2. The minimum atomic E-state index is -4.41. The molecule has 3 aliphatic rings. The molecule has 6 nitrogen and oxygen atoms in total. The molecule has 2 aliphatic heterocycles. The monoisotopic (exact) mass is 519 g/mol. The van der Waals surface area contributed by atoms with E-state index in [2.05, 4.69) is 4.90 Å². The molecule has 9 heteroatoms. The molecule has 0 amide bonds. The molecular formula is C28H32F3NO5. The molecule has 1 aliphatic carbocycles. The van der Waals surface area contributed by atoms with Crippen molar-refractivity contribution in [2.75, 3.05) is 33.9 Å². The van der Waals surface area contributed by atoms with Gasteiger partial charge in [-0.1, -0.05) is 12.1 Å². The van der Waals surface area contributed by atoms with E-state index in [1.807, 2.05) is 12.1 Å². The summed E-state index contributed by atoms with van der Waals surface area (Å²) in [6.45, 7) is 2.10. The van der Waals surface area contributed by atoms with Crippen LogP contribution in [-0.2, 0) is 33.4 Å². The van der Waals surface area contributed by atoms with Crippen LogP contribution in [0.15, 0.2) is 30.3 Å². The number of hydrogen-bond donors (Lipinski definition) is 0. The van der Waals surface area contributed by atoms with Gasteiger partial charge in [0.2, 0.25) is 0 Å². The number of rotatable bonds is 7. The summed E-state index contributed by atoms with van der Waals surface area (Å²) in [7, 11) is 3.04. The maximum atomic E-state index is 14.0. The second-order valence-corrected chi connectivity index (χ2v) is 10.0. The van der Waals surface area contributed by atoms with Crippen LogP contribution in [0.5, 0.6) is 11.5 Å². The van der Waals surface area contributed by atoms with Crippen molar-refractivity contribution < 1.29 is 36.9 Å². The molecule has 0 N–H and O–H groups in total. The topological polar surface area (TPSA) is 57.2 Å². The van der Waals surface area contributed by atoms with E-state index in [-0.39, 0.29) is 37.1 Å². The van der Waals surface area contributed by atoms with Crippen LogP contribution in [0.4, 0.5) is 13.2 Å². The number of benzene rings is 2. The lowest BCUT2D eigenvalue weighted by molar-refractivity contribution is -0.141. The number of hydrogen-bond acceptors (Lipinski definition) is 6. The zero-order valence-corrected chi connectivity index (χ0v) is 21.1. The Morgan fingerprint density at radius 2 is 1.84 bits per heavy atom. The molecule has 2 aromatic rings. The van der Waals surface area contributed by atoms with Gasteiger partial charge in [0.15, 0.2) is 0 Å². The van der Waals surface area contributed by atoms with E-state index in [1.165, 1.54) is 13.2 Å². The summed E-state index contributed by atoms with van der Waals surface area (Å²) in [5.41, 5.74) is 2.32. The molecular weight excluding hydrogens is 487 g/mol. The number of ether oxygens (including phenoxy) is 4. The molecule has 0 saturated carbocycles. The third-order valence-electron chi connectivity index (χ3n) is 7.81. The SMILES string of the molecule is COC(=O)CC1COc2cc(O[C@@H]3CCc4c3ccc(C(F)(F)F)c4CN3CCC(OC)CC3)ccc21. The van der Waals surface area contributed by atoms with E-state index in [9.17, 15) is 18.0 Å². The maximum Gasteiger partial charge on any atom is 0.416 e. The first-order chi connectivity index (χ1) is 17.8. The fourth-order valence-electron chi connectivity index (χ4n) is 5.78. The van der Waals surface area contributed by atoms with Crippen LogP contribution in [-0.4, -0.2) is 50.9 Å². The Kier molecular flexibility index (Phi) is 7.36. The van der Waals surface area contributed by atoms with Crippen molar-refractivity contribution >= 4 is 5.97 Å². The summed E-state index contributed by atoms with van der Waals surface area (Å²) < 4.78 is 64.2. The average Bonchev–Trinajstić information content (AvgIpc) is 3.48. The predicted octanol–water partition coefficient (Wildman–Crippen LogP) is 5.42. The van der Waals surface area contributed by atoms with E-state index in [0.29, 0.717) is 49.6 Å². The van der Waals surface area contributed by atoms with Crippen molar-refractivity contribution in [1.82, 2.24) is 4.90 Å². The molecule has 1 saturated heterocycles. The zero-order valence-electron chi connectivity index (χ0n) is 21.1. The Labute approximate surface area is 214 Å². The van der Waals surface area contributed by atoms with Crippen LogP contribution < -0.4 is 9.47 Å². The smallest absolute Gasteiger partial charge is 0.416 e. The van der Waals surface area contributed by atoms with E-state index in [1.54, 1.807) is 19.2 Å². The number of halogens is 3. The quantitative estimate of drug-likeness (QED) is 0.456. The molecule has 2 atom stereocenters. The molecule has 0 radical (unpaired) electrons. The van der Waals surface area contributed by atoms with Gasteiger partial charge in [-0.15, -0.1) is 0 Å². The van der Waals surface area contributed by atoms with E-state index < -0.39 is 11.7 Å². The minimum absolute atomic E-state index is 0.0685. The lowest BCUT2D eigenvalue weighted by atomic mass is 9.95. The van der Waals surface area contributed by atoms with Crippen LogP contribution in [0.3, 0.4) is 0 Å². The third-order valence-corrected chi connectivity index (χ3v) is 7.81. The largest absolute Gasteiger partial charge is 0.492 e. The standard InChI is InChI=1S/C28H32F3NO5/c1-34-18-9-11-32(12-10-18)15-23-21-6-8-25(22(21)5-7-24(23)28(29,30)31)37-19-3-4-20-17(13-27(33)35-2)16-36-26(20)14-19/h3-5,7,14,17-18,25H,6,8-13,15-16H2,1-2H3/t17?,25-/m1/s1. The summed E-state index contributed by atoms with van der Waals surface area (Å²) in [6, 6.07) is 8.31. The Morgan fingerprint density at radius 1 is 1.08 bits per heavy atom. The molecule has 2 aromatic carbocycles. The highest BCUT2D eigenvalue weighted by Crippen LogP contribution is 2.44. The first kappa shape index (κ1) is 25.9. The molecule has 0 bridgehead atoms. The zero-order chi connectivity index (χ0) is 26.2. The van der Waals surface area contributed by atoms with Crippen LogP contribution >= 0.6 is 0 Å². The van der Waals surface area contributed by atoms with Crippen LogP contribution in [0.25, 0.3) is 0 Å². The Morgan fingerprint density at radius 3 is 2.54 bits per heavy atom. The molecule has 0 aromatic heterocycles. The van der Waals surface area contributed by atoms with E-state index in [4.69, 9.17) is 18.9 Å². The molecule has 5 rings (SSSR count). The van der Waals surface area contributed by atoms with Gasteiger partial charge in [-0.05, 0) is 54.5 Å². The fraction of sp³-hybridized carbons (Fsp3) is 0.536. The van der Waals surface area contributed by atoms with Crippen molar-refractivity contribution in [3.05, 3.63) is 58.1 Å². The molecule has 1 fully saturated rings. The van der Waals surface area contributed by atoms with Gasteiger partial charge >= 0.3 is 12.1 Å². The highest BCUT2D eigenvalue weighted by Gasteiger charge is 2.38. The Bertz CT molecular complexity index is 1140. The third kappa shape index (κ3) is 5.43. The summed E-state index contributed by atoms with van der Waals surface area (Å²) in [6.07, 6.45) is -1.54. The normalized spacial score (nSPS) is 21.9. The van der Waals surface area contributed by atoms with E-state index >= 15 is 0 Å². The summed E-state index contributed by atoms with van der Waals surface area (Å²) in [5.74, 6) is 0.901.